The zero-order chi connectivity index (χ0) is 25.6. The first-order valence-electron chi connectivity index (χ1n) is 12.3. The molecule has 0 aliphatic carbocycles. The van der Waals surface area contributed by atoms with Crippen molar-refractivity contribution >= 4 is 52.0 Å². The Hall–Kier alpha value is -3.13. The topological polar surface area (TPSA) is 38.1 Å². The quantitative estimate of drug-likeness (QED) is 0.125. The maximum atomic E-state index is 13.3. The average Bonchev–Trinajstić information content (AvgIpc) is 3.48. The lowest BCUT2D eigenvalue weighted by Gasteiger charge is -2.14. The minimum atomic E-state index is -0.0457. The Balaban J connectivity index is 1.44. The van der Waals surface area contributed by atoms with Gasteiger partial charge in [0.15, 0.2) is 0 Å². The molecule has 1 aliphatic rings. The summed E-state index contributed by atoms with van der Waals surface area (Å²) in [5.74, 6) is 1.05. The molecule has 1 amide bonds. The molecule has 1 fully saturated rings. The summed E-state index contributed by atoms with van der Waals surface area (Å²) in [6.07, 6.45) is 5.83. The van der Waals surface area contributed by atoms with Gasteiger partial charge in [0.05, 0.1) is 16.3 Å². The number of nitrogens with zero attached hydrogens (tertiary/aromatic N) is 3. The molecule has 0 bridgehead atoms. The van der Waals surface area contributed by atoms with Crippen molar-refractivity contribution in [2.75, 3.05) is 12.3 Å². The smallest absolute Gasteiger partial charge is 0.266 e. The van der Waals surface area contributed by atoms with Crippen LogP contribution in [0.1, 0.15) is 24.5 Å². The van der Waals surface area contributed by atoms with E-state index in [4.69, 9.17) is 17.3 Å². The minimum Gasteiger partial charge on any atom is -0.293 e. The number of hydrogen-bond acceptors (Lipinski definition) is 5. The van der Waals surface area contributed by atoms with Crippen molar-refractivity contribution in [3.8, 4) is 16.9 Å². The molecule has 37 heavy (non-hydrogen) atoms. The monoisotopic (exact) mass is 541 g/mol. The van der Waals surface area contributed by atoms with E-state index in [2.05, 4.69) is 43.3 Å². The number of aromatic nitrogens is 2. The summed E-state index contributed by atoms with van der Waals surface area (Å²) >= 11 is 8.80. The zero-order valence-electron chi connectivity index (χ0n) is 20.5. The number of thioether (sulfide) groups is 2. The first kappa shape index (κ1) is 25.5. The molecule has 0 saturated carbocycles. The first-order valence-corrected chi connectivity index (χ1v) is 14.5. The molecule has 1 aromatic heterocycles. The van der Waals surface area contributed by atoms with Gasteiger partial charge in [0.2, 0.25) is 0 Å². The van der Waals surface area contributed by atoms with Gasteiger partial charge < -0.3 is 0 Å². The maximum absolute atomic E-state index is 13.3. The number of carbonyl (C=O) groups excluding carboxylic acids is 1. The summed E-state index contributed by atoms with van der Waals surface area (Å²) < 4.78 is 2.47. The molecular formula is C30H27N3OS3. The molecule has 4 nitrogen and oxygen atoms in total. The van der Waals surface area contributed by atoms with E-state index in [1.807, 2.05) is 77.2 Å². The Morgan fingerprint density at radius 1 is 0.973 bits per heavy atom. The van der Waals surface area contributed by atoms with Crippen molar-refractivity contribution in [1.82, 2.24) is 14.7 Å². The molecule has 0 spiro atoms. The number of para-hydroxylation sites is 1. The number of carbonyl (C=O) groups is 1. The van der Waals surface area contributed by atoms with Gasteiger partial charge in [-0.05, 0) is 54.5 Å². The Morgan fingerprint density at radius 2 is 1.68 bits per heavy atom. The molecule has 0 unspecified atom stereocenters. The van der Waals surface area contributed by atoms with E-state index >= 15 is 0 Å². The summed E-state index contributed by atoms with van der Waals surface area (Å²) in [6, 6.07) is 28.7. The standard InChI is InChI=1S/C30H27N3OS3/c1-2-19-36-26-15-13-23(14-16-26)28-24(21-33(31-28)25-11-7-4-8-12-25)20-27-29(34)32(30(35)37-27)18-17-22-9-5-3-6-10-22/h3-16,20-21H,2,17-19H2,1H3/b27-20-. The van der Waals surface area contributed by atoms with Gasteiger partial charge >= 0.3 is 0 Å². The Morgan fingerprint density at radius 3 is 2.38 bits per heavy atom. The summed E-state index contributed by atoms with van der Waals surface area (Å²) in [4.78, 5) is 16.9. The maximum Gasteiger partial charge on any atom is 0.266 e. The van der Waals surface area contributed by atoms with Crippen LogP contribution in [-0.4, -0.2) is 37.2 Å². The van der Waals surface area contributed by atoms with E-state index in [0.29, 0.717) is 15.8 Å². The third kappa shape index (κ3) is 6.06. The van der Waals surface area contributed by atoms with Crippen LogP contribution in [0.2, 0.25) is 0 Å². The van der Waals surface area contributed by atoms with Crippen LogP contribution in [0.4, 0.5) is 0 Å². The fourth-order valence-electron chi connectivity index (χ4n) is 4.08. The van der Waals surface area contributed by atoms with Gasteiger partial charge in [-0.3, -0.25) is 9.69 Å². The number of rotatable bonds is 9. The van der Waals surface area contributed by atoms with Crippen LogP contribution in [-0.2, 0) is 11.2 Å². The molecule has 5 rings (SSSR count). The SMILES string of the molecule is CCCSc1ccc(-c2nn(-c3ccccc3)cc2/C=C2\SC(=S)N(CCc3ccccc3)C2=O)cc1. The lowest BCUT2D eigenvalue weighted by molar-refractivity contribution is -0.122. The molecule has 186 valence electrons. The molecule has 3 aromatic carbocycles. The summed E-state index contributed by atoms with van der Waals surface area (Å²) in [5, 5.41) is 4.92. The summed E-state index contributed by atoms with van der Waals surface area (Å²) in [7, 11) is 0. The third-order valence-corrected chi connectivity index (χ3v) is 8.59. The molecule has 2 heterocycles. The van der Waals surface area contributed by atoms with Gasteiger partial charge in [-0.15, -0.1) is 11.8 Å². The van der Waals surface area contributed by atoms with Crippen LogP contribution in [0, 0.1) is 0 Å². The van der Waals surface area contributed by atoms with Crippen molar-refractivity contribution in [3.05, 3.63) is 107 Å². The lowest BCUT2D eigenvalue weighted by Crippen LogP contribution is -2.30. The average molecular weight is 542 g/mol. The van der Waals surface area contributed by atoms with E-state index in [1.165, 1.54) is 22.2 Å². The lowest BCUT2D eigenvalue weighted by atomic mass is 10.1. The highest BCUT2D eigenvalue weighted by Gasteiger charge is 2.32. The Bertz CT molecular complexity index is 1410. The second kappa shape index (κ2) is 11.9. The molecule has 0 radical (unpaired) electrons. The molecule has 0 atom stereocenters. The minimum absolute atomic E-state index is 0.0457. The van der Waals surface area contributed by atoms with E-state index in [-0.39, 0.29) is 5.91 Å². The van der Waals surface area contributed by atoms with Crippen molar-refractivity contribution in [2.45, 2.75) is 24.7 Å². The van der Waals surface area contributed by atoms with Crippen LogP contribution in [0.15, 0.2) is 101 Å². The normalized spacial score (nSPS) is 14.6. The highest BCUT2D eigenvalue weighted by Crippen LogP contribution is 2.35. The van der Waals surface area contributed by atoms with Gasteiger partial charge in [0.1, 0.15) is 4.32 Å². The highest BCUT2D eigenvalue weighted by molar-refractivity contribution is 8.26. The zero-order valence-corrected chi connectivity index (χ0v) is 23.0. The second-order valence-corrected chi connectivity index (χ2v) is 11.5. The number of amides is 1. The van der Waals surface area contributed by atoms with Gasteiger partial charge in [-0.25, -0.2) is 4.68 Å². The second-order valence-electron chi connectivity index (χ2n) is 8.65. The van der Waals surface area contributed by atoms with Crippen molar-refractivity contribution < 1.29 is 4.79 Å². The summed E-state index contributed by atoms with van der Waals surface area (Å²) in [6.45, 7) is 2.76. The van der Waals surface area contributed by atoms with Crippen LogP contribution < -0.4 is 0 Å². The number of hydrogen-bond donors (Lipinski definition) is 0. The molecule has 0 N–H and O–H groups in total. The number of benzene rings is 3. The van der Waals surface area contributed by atoms with Crippen LogP contribution in [0.3, 0.4) is 0 Å². The van der Waals surface area contributed by atoms with Crippen LogP contribution >= 0.6 is 35.7 Å². The van der Waals surface area contributed by atoms with E-state index < -0.39 is 0 Å². The van der Waals surface area contributed by atoms with Gasteiger partial charge in [0.25, 0.3) is 5.91 Å². The molecule has 1 aliphatic heterocycles. The van der Waals surface area contributed by atoms with E-state index in [9.17, 15) is 4.79 Å². The fourth-order valence-corrected chi connectivity index (χ4v) is 6.15. The third-order valence-electron chi connectivity index (χ3n) is 5.99. The van der Waals surface area contributed by atoms with E-state index in [0.717, 1.165) is 41.1 Å². The Labute approximate surface area is 231 Å². The van der Waals surface area contributed by atoms with Crippen molar-refractivity contribution in [1.29, 1.82) is 0 Å². The predicted molar refractivity (Wildman–Crippen MR) is 160 cm³/mol. The summed E-state index contributed by atoms with van der Waals surface area (Å²) in [5.41, 5.74) is 4.90. The van der Waals surface area contributed by atoms with Gasteiger partial charge in [-0.2, -0.15) is 5.10 Å². The Kier molecular flexibility index (Phi) is 8.24. The fraction of sp³-hybridized carbons (Fsp3) is 0.167. The number of thiocarbonyl (C=S) groups is 1. The molecule has 4 aromatic rings. The van der Waals surface area contributed by atoms with Crippen LogP contribution in [0.5, 0.6) is 0 Å². The molecular weight excluding hydrogens is 515 g/mol. The van der Waals surface area contributed by atoms with Crippen molar-refractivity contribution in [3.63, 3.8) is 0 Å². The molecule has 1 saturated heterocycles. The van der Waals surface area contributed by atoms with Gasteiger partial charge in [0, 0.05) is 28.8 Å². The van der Waals surface area contributed by atoms with Crippen molar-refractivity contribution in [2.24, 2.45) is 0 Å². The molecule has 7 heteroatoms. The van der Waals surface area contributed by atoms with Gasteiger partial charge in [-0.1, -0.05) is 91.6 Å². The van der Waals surface area contributed by atoms with Crippen LogP contribution in [0.25, 0.3) is 23.0 Å². The van der Waals surface area contributed by atoms with E-state index in [1.54, 1.807) is 4.90 Å². The highest BCUT2D eigenvalue weighted by atomic mass is 32.2. The first-order chi connectivity index (χ1) is 18.1. The largest absolute Gasteiger partial charge is 0.293 e. The predicted octanol–water partition coefficient (Wildman–Crippen LogP) is 7.49.